The molecule has 0 atom stereocenters. The Balaban J connectivity index is 1.58. The van der Waals surface area contributed by atoms with Crippen LogP contribution in [0.15, 0.2) is 77.0 Å². The standard InChI is InChI=1S/C26H28N2O4/c1-3-6-20-10-12-22(13-11-20)32-16-14-27-26(30)24(18-23-9-5-15-31-23)28-25(29)21-8-4-7-19(2)17-21/h4-5,7-13,15,17-18H,3,6,14,16H2,1-2H3,(H,27,30)(H,28,29)/b24-18-. The van der Waals surface area contributed by atoms with Gasteiger partial charge in [0.1, 0.15) is 23.8 Å². The van der Waals surface area contributed by atoms with E-state index < -0.39 is 5.91 Å². The second kappa shape index (κ2) is 11.6. The molecule has 6 nitrogen and oxygen atoms in total. The van der Waals surface area contributed by atoms with E-state index in [9.17, 15) is 9.59 Å². The highest BCUT2D eigenvalue weighted by Gasteiger charge is 2.15. The van der Waals surface area contributed by atoms with Gasteiger partial charge < -0.3 is 19.8 Å². The summed E-state index contributed by atoms with van der Waals surface area (Å²) in [5.74, 6) is 0.413. The first kappa shape index (κ1) is 22.9. The van der Waals surface area contributed by atoms with E-state index in [1.54, 1.807) is 30.3 Å². The van der Waals surface area contributed by atoms with Gasteiger partial charge in [-0.3, -0.25) is 9.59 Å². The van der Waals surface area contributed by atoms with E-state index >= 15 is 0 Å². The second-order valence-corrected chi connectivity index (χ2v) is 7.40. The topological polar surface area (TPSA) is 80.6 Å². The van der Waals surface area contributed by atoms with Crippen molar-refractivity contribution in [2.75, 3.05) is 13.2 Å². The molecule has 32 heavy (non-hydrogen) atoms. The number of nitrogens with one attached hydrogen (secondary N) is 2. The summed E-state index contributed by atoms with van der Waals surface area (Å²) in [6, 6.07) is 18.5. The summed E-state index contributed by atoms with van der Waals surface area (Å²) in [6.07, 6.45) is 5.13. The summed E-state index contributed by atoms with van der Waals surface area (Å²) in [6.45, 7) is 4.63. The minimum Gasteiger partial charge on any atom is -0.492 e. The normalized spacial score (nSPS) is 11.1. The van der Waals surface area contributed by atoms with Gasteiger partial charge in [0, 0.05) is 11.6 Å². The van der Waals surface area contributed by atoms with Gasteiger partial charge in [-0.25, -0.2) is 0 Å². The van der Waals surface area contributed by atoms with Gasteiger partial charge in [-0.15, -0.1) is 0 Å². The zero-order valence-electron chi connectivity index (χ0n) is 18.4. The third-order valence-electron chi connectivity index (χ3n) is 4.72. The quantitative estimate of drug-likeness (QED) is 0.365. The van der Waals surface area contributed by atoms with Gasteiger partial charge in [-0.2, -0.15) is 0 Å². The van der Waals surface area contributed by atoms with E-state index in [4.69, 9.17) is 9.15 Å². The van der Waals surface area contributed by atoms with Crippen LogP contribution < -0.4 is 15.4 Å². The molecule has 0 saturated heterocycles. The number of aryl methyl sites for hydroxylation is 2. The molecule has 0 aliphatic carbocycles. The monoisotopic (exact) mass is 432 g/mol. The van der Waals surface area contributed by atoms with Crippen LogP contribution >= 0.6 is 0 Å². The van der Waals surface area contributed by atoms with Crippen molar-refractivity contribution in [2.24, 2.45) is 0 Å². The summed E-state index contributed by atoms with van der Waals surface area (Å²) >= 11 is 0. The second-order valence-electron chi connectivity index (χ2n) is 7.40. The predicted octanol–water partition coefficient (Wildman–Crippen LogP) is 4.51. The van der Waals surface area contributed by atoms with Gasteiger partial charge in [-0.05, 0) is 55.3 Å². The first-order valence-electron chi connectivity index (χ1n) is 10.7. The first-order valence-corrected chi connectivity index (χ1v) is 10.7. The number of ether oxygens (including phenoxy) is 1. The molecule has 0 radical (unpaired) electrons. The highest BCUT2D eigenvalue weighted by Crippen LogP contribution is 2.13. The fourth-order valence-corrected chi connectivity index (χ4v) is 3.12. The molecule has 0 aliphatic rings. The van der Waals surface area contributed by atoms with Crippen LogP contribution in [0.4, 0.5) is 0 Å². The maximum absolute atomic E-state index is 12.7. The lowest BCUT2D eigenvalue weighted by atomic mass is 10.1. The van der Waals surface area contributed by atoms with Crippen LogP contribution in [0.5, 0.6) is 5.75 Å². The van der Waals surface area contributed by atoms with Gasteiger partial charge in [0.25, 0.3) is 11.8 Å². The van der Waals surface area contributed by atoms with Gasteiger partial charge in [0.05, 0.1) is 12.8 Å². The van der Waals surface area contributed by atoms with Crippen molar-refractivity contribution in [3.63, 3.8) is 0 Å². The van der Waals surface area contributed by atoms with Gasteiger partial charge in [0.15, 0.2) is 0 Å². The van der Waals surface area contributed by atoms with Crippen molar-refractivity contribution in [1.82, 2.24) is 10.6 Å². The van der Waals surface area contributed by atoms with Crippen molar-refractivity contribution in [3.05, 3.63) is 95.1 Å². The molecule has 166 valence electrons. The minimum absolute atomic E-state index is 0.0929. The van der Waals surface area contributed by atoms with E-state index in [2.05, 4.69) is 17.6 Å². The fourth-order valence-electron chi connectivity index (χ4n) is 3.12. The number of carbonyl (C=O) groups is 2. The van der Waals surface area contributed by atoms with Crippen molar-refractivity contribution >= 4 is 17.9 Å². The molecule has 0 spiro atoms. The zero-order valence-corrected chi connectivity index (χ0v) is 18.4. The molecule has 2 N–H and O–H groups in total. The van der Waals surface area contributed by atoms with Crippen molar-refractivity contribution in [1.29, 1.82) is 0 Å². The summed E-state index contributed by atoms with van der Waals surface area (Å²) in [7, 11) is 0. The first-order chi connectivity index (χ1) is 15.5. The molecular weight excluding hydrogens is 404 g/mol. The SMILES string of the molecule is CCCc1ccc(OCCNC(=O)/C(=C/c2ccco2)NC(=O)c2cccc(C)c2)cc1. The summed E-state index contributed by atoms with van der Waals surface area (Å²) in [4.78, 5) is 25.4. The number of hydrogen-bond donors (Lipinski definition) is 2. The van der Waals surface area contributed by atoms with E-state index in [0.717, 1.165) is 24.2 Å². The lowest BCUT2D eigenvalue weighted by molar-refractivity contribution is -0.117. The molecule has 0 unspecified atom stereocenters. The Bertz CT molecular complexity index is 1050. The molecule has 0 bridgehead atoms. The van der Waals surface area contributed by atoms with Crippen LogP contribution in [-0.2, 0) is 11.2 Å². The summed E-state index contributed by atoms with van der Waals surface area (Å²) in [5.41, 5.74) is 2.79. The molecule has 2 aromatic carbocycles. The molecule has 3 aromatic rings. The van der Waals surface area contributed by atoms with Crippen molar-refractivity contribution in [2.45, 2.75) is 26.7 Å². The van der Waals surface area contributed by atoms with Crippen molar-refractivity contribution in [3.8, 4) is 5.75 Å². The van der Waals surface area contributed by atoms with Gasteiger partial charge in [0.2, 0.25) is 0 Å². The van der Waals surface area contributed by atoms with Crippen molar-refractivity contribution < 1.29 is 18.7 Å². The van der Waals surface area contributed by atoms with E-state index in [1.807, 2.05) is 37.3 Å². The highest BCUT2D eigenvalue weighted by molar-refractivity contribution is 6.05. The Kier molecular flexibility index (Phi) is 8.26. The molecule has 1 heterocycles. The number of carbonyl (C=O) groups excluding carboxylic acids is 2. The molecular formula is C26H28N2O4. The van der Waals surface area contributed by atoms with Crippen LogP contribution in [0, 0.1) is 6.92 Å². The zero-order chi connectivity index (χ0) is 22.8. The van der Waals surface area contributed by atoms with Gasteiger partial charge >= 0.3 is 0 Å². The number of hydrogen-bond acceptors (Lipinski definition) is 4. The number of amides is 2. The number of furan rings is 1. The third-order valence-corrected chi connectivity index (χ3v) is 4.72. The third kappa shape index (κ3) is 6.87. The number of rotatable bonds is 10. The molecule has 2 amide bonds. The fraction of sp³-hybridized carbons (Fsp3) is 0.231. The molecule has 3 rings (SSSR count). The van der Waals surface area contributed by atoms with Gasteiger partial charge in [-0.1, -0.05) is 43.2 Å². The van der Waals surface area contributed by atoms with Crippen LogP contribution in [0.25, 0.3) is 6.08 Å². The molecule has 0 saturated carbocycles. The Morgan fingerprint density at radius 1 is 1.06 bits per heavy atom. The average molecular weight is 433 g/mol. The molecule has 0 aliphatic heterocycles. The number of benzene rings is 2. The lowest BCUT2D eigenvalue weighted by Crippen LogP contribution is -2.36. The molecule has 1 aromatic heterocycles. The van der Waals surface area contributed by atoms with Crippen LogP contribution in [-0.4, -0.2) is 25.0 Å². The average Bonchev–Trinajstić information content (AvgIpc) is 3.30. The highest BCUT2D eigenvalue weighted by atomic mass is 16.5. The van der Waals surface area contributed by atoms with E-state index in [0.29, 0.717) is 17.9 Å². The van der Waals surface area contributed by atoms with E-state index in [1.165, 1.54) is 17.9 Å². The Morgan fingerprint density at radius 3 is 2.56 bits per heavy atom. The Hall–Kier alpha value is -3.80. The molecule has 0 fully saturated rings. The molecule has 6 heteroatoms. The van der Waals surface area contributed by atoms with Crippen LogP contribution in [0.2, 0.25) is 0 Å². The summed E-state index contributed by atoms with van der Waals surface area (Å²) < 4.78 is 11.0. The predicted molar refractivity (Wildman–Crippen MR) is 124 cm³/mol. The summed E-state index contributed by atoms with van der Waals surface area (Å²) in [5, 5.41) is 5.46. The Morgan fingerprint density at radius 2 is 1.88 bits per heavy atom. The maximum atomic E-state index is 12.7. The smallest absolute Gasteiger partial charge is 0.268 e. The maximum Gasteiger partial charge on any atom is 0.268 e. The van der Waals surface area contributed by atoms with Crippen LogP contribution in [0.1, 0.15) is 40.6 Å². The largest absolute Gasteiger partial charge is 0.492 e. The lowest BCUT2D eigenvalue weighted by Gasteiger charge is -2.12. The minimum atomic E-state index is -0.427. The Labute approximate surface area is 188 Å². The van der Waals surface area contributed by atoms with Crippen LogP contribution in [0.3, 0.4) is 0 Å². The van der Waals surface area contributed by atoms with E-state index in [-0.39, 0.29) is 18.1 Å².